The van der Waals surface area contributed by atoms with E-state index < -0.39 is 0 Å². The molecule has 0 spiro atoms. The lowest BCUT2D eigenvalue weighted by atomic mass is 9.93. The molecule has 0 aliphatic heterocycles. The molecule has 1 aliphatic rings. The van der Waals surface area contributed by atoms with Crippen molar-refractivity contribution in [1.29, 1.82) is 0 Å². The first-order valence-electron chi connectivity index (χ1n) is 12.7. The number of halogens is 3. The lowest BCUT2D eigenvalue weighted by Crippen LogP contribution is -2.07. The van der Waals surface area contributed by atoms with Crippen molar-refractivity contribution < 1.29 is 28.4 Å². The van der Waals surface area contributed by atoms with Crippen molar-refractivity contribution >= 4 is 47.8 Å². The number of hydrogen-bond acceptors (Lipinski definition) is 6. The maximum Gasteiger partial charge on any atom is 0.164 e. The first-order valence-corrected chi connectivity index (χ1v) is 16.1. The topological polar surface area (TPSA) is 55.4 Å². The molecule has 210 valence electrons. The Hall–Kier alpha value is -2.10. The predicted molar refractivity (Wildman–Crippen MR) is 165 cm³/mol. The fourth-order valence-electron chi connectivity index (χ4n) is 5.05. The average molecular weight is 729 g/mol. The summed E-state index contributed by atoms with van der Waals surface area (Å²) in [5, 5.41) is 2.19. The lowest BCUT2D eigenvalue weighted by Gasteiger charge is -2.20. The van der Waals surface area contributed by atoms with Crippen molar-refractivity contribution in [2.75, 3.05) is 57.1 Å². The van der Waals surface area contributed by atoms with Crippen LogP contribution in [-0.4, -0.2) is 57.1 Å². The molecule has 3 aromatic carbocycles. The number of fused-ring (bicyclic) bond motifs is 3. The third-order valence-corrected chi connectivity index (χ3v) is 7.65. The maximum absolute atomic E-state index is 6.05. The summed E-state index contributed by atoms with van der Waals surface area (Å²) in [6.07, 6.45) is 1.95. The molecule has 0 saturated heterocycles. The quantitative estimate of drug-likeness (QED) is 0.145. The van der Waals surface area contributed by atoms with E-state index in [9.17, 15) is 0 Å². The Morgan fingerprint density at radius 3 is 1.00 bits per heavy atom. The summed E-state index contributed by atoms with van der Waals surface area (Å²) < 4.78 is 36.1. The SMILES string of the molecule is COc1c(OCCBr)ccc2c1Cc1ccc(OCCBr)c(OC)c1Cc1ccc(OCCBr)c(OC)c1C2. The number of hydrogen-bond donors (Lipinski definition) is 0. The van der Waals surface area contributed by atoms with Crippen LogP contribution in [0.1, 0.15) is 33.4 Å². The Bertz CT molecular complexity index is 1120. The Morgan fingerprint density at radius 2 is 0.769 bits per heavy atom. The van der Waals surface area contributed by atoms with E-state index in [4.69, 9.17) is 28.4 Å². The van der Waals surface area contributed by atoms with Gasteiger partial charge in [0.2, 0.25) is 0 Å². The van der Waals surface area contributed by atoms with Gasteiger partial charge >= 0.3 is 0 Å². The highest BCUT2D eigenvalue weighted by molar-refractivity contribution is 9.09. The molecule has 0 saturated carbocycles. The first kappa shape index (κ1) is 29.9. The normalized spacial score (nSPS) is 12.2. The molecular weight excluding hydrogens is 696 g/mol. The van der Waals surface area contributed by atoms with E-state index in [0.29, 0.717) is 39.1 Å². The Balaban J connectivity index is 1.98. The zero-order valence-corrected chi connectivity index (χ0v) is 27.2. The van der Waals surface area contributed by atoms with E-state index in [-0.39, 0.29) is 0 Å². The van der Waals surface area contributed by atoms with E-state index in [0.717, 1.165) is 83.9 Å². The molecule has 0 aromatic heterocycles. The molecule has 6 nitrogen and oxygen atoms in total. The van der Waals surface area contributed by atoms with Gasteiger partial charge < -0.3 is 28.4 Å². The molecule has 9 heteroatoms. The van der Waals surface area contributed by atoms with Gasteiger partial charge in [-0.1, -0.05) is 66.0 Å². The van der Waals surface area contributed by atoms with Gasteiger partial charge in [-0.25, -0.2) is 0 Å². The highest BCUT2D eigenvalue weighted by Gasteiger charge is 2.26. The summed E-state index contributed by atoms with van der Waals surface area (Å²) >= 11 is 10.4. The second kappa shape index (κ2) is 14.5. The van der Waals surface area contributed by atoms with Gasteiger partial charge in [-0.05, 0) is 34.9 Å². The van der Waals surface area contributed by atoms with E-state index in [1.807, 2.05) is 18.2 Å². The van der Waals surface area contributed by atoms with Gasteiger partial charge in [0.05, 0.1) is 41.2 Å². The average Bonchev–Trinajstić information content (AvgIpc) is 3.02. The molecule has 0 radical (unpaired) electrons. The molecule has 39 heavy (non-hydrogen) atoms. The molecule has 0 amide bonds. The number of benzene rings is 3. The van der Waals surface area contributed by atoms with Crippen molar-refractivity contribution in [2.45, 2.75) is 19.3 Å². The third-order valence-electron chi connectivity index (χ3n) is 6.68. The van der Waals surface area contributed by atoms with E-state index in [2.05, 4.69) is 66.0 Å². The zero-order valence-electron chi connectivity index (χ0n) is 22.4. The predicted octanol–water partition coefficient (Wildman–Crippen LogP) is 7.12. The Kier molecular flexibility index (Phi) is 11.1. The summed E-state index contributed by atoms with van der Waals surface area (Å²) in [6, 6.07) is 12.4. The highest BCUT2D eigenvalue weighted by Crippen LogP contribution is 2.45. The van der Waals surface area contributed by atoms with Gasteiger partial charge in [0.1, 0.15) is 0 Å². The largest absolute Gasteiger partial charge is 0.493 e. The highest BCUT2D eigenvalue weighted by atomic mass is 79.9. The smallest absolute Gasteiger partial charge is 0.164 e. The van der Waals surface area contributed by atoms with Crippen LogP contribution in [0, 0.1) is 0 Å². The third kappa shape index (κ3) is 6.63. The van der Waals surface area contributed by atoms with Crippen LogP contribution in [-0.2, 0) is 19.3 Å². The number of alkyl halides is 3. The van der Waals surface area contributed by atoms with Gasteiger partial charge in [-0.3, -0.25) is 0 Å². The summed E-state index contributed by atoms with van der Waals surface area (Å²) in [4.78, 5) is 0. The molecule has 0 heterocycles. The minimum absolute atomic E-state index is 0.540. The van der Waals surface area contributed by atoms with Crippen LogP contribution in [0.25, 0.3) is 0 Å². The van der Waals surface area contributed by atoms with Gasteiger partial charge in [0.25, 0.3) is 0 Å². The van der Waals surface area contributed by atoms with E-state index >= 15 is 0 Å². The fourth-order valence-corrected chi connectivity index (χ4v) is 5.53. The van der Waals surface area contributed by atoms with Gasteiger partial charge in [0, 0.05) is 51.9 Å². The van der Waals surface area contributed by atoms with Crippen LogP contribution in [0.15, 0.2) is 36.4 Å². The number of ether oxygens (including phenoxy) is 6. The molecule has 0 fully saturated rings. The molecule has 1 aliphatic carbocycles. The van der Waals surface area contributed by atoms with Crippen molar-refractivity contribution in [3.63, 3.8) is 0 Å². The van der Waals surface area contributed by atoms with Crippen LogP contribution in [0.5, 0.6) is 34.5 Å². The van der Waals surface area contributed by atoms with Crippen LogP contribution in [0.4, 0.5) is 0 Å². The number of methoxy groups -OCH3 is 3. The second-order valence-electron chi connectivity index (χ2n) is 8.85. The summed E-state index contributed by atoms with van der Waals surface area (Å²) in [5.41, 5.74) is 6.64. The zero-order chi connectivity index (χ0) is 27.8. The molecule has 0 unspecified atom stereocenters. The molecule has 0 bridgehead atoms. The second-order valence-corrected chi connectivity index (χ2v) is 11.2. The van der Waals surface area contributed by atoms with Gasteiger partial charge in [0.15, 0.2) is 34.5 Å². The summed E-state index contributed by atoms with van der Waals surface area (Å²) in [7, 11) is 5.09. The molecule has 3 aromatic rings. The van der Waals surface area contributed by atoms with Gasteiger partial charge in [-0.2, -0.15) is 0 Å². The Labute approximate surface area is 255 Å². The van der Waals surface area contributed by atoms with Gasteiger partial charge in [-0.15, -0.1) is 0 Å². The fraction of sp³-hybridized carbons (Fsp3) is 0.400. The molecule has 4 rings (SSSR count). The van der Waals surface area contributed by atoms with Crippen LogP contribution in [0.2, 0.25) is 0 Å². The van der Waals surface area contributed by atoms with Crippen molar-refractivity contribution in [3.05, 3.63) is 69.8 Å². The van der Waals surface area contributed by atoms with E-state index in [1.165, 1.54) is 0 Å². The van der Waals surface area contributed by atoms with Crippen LogP contribution >= 0.6 is 47.8 Å². The molecule has 0 N–H and O–H groups in total. The summed E-state index contributed by atoms with van der Waals surface area (Å²) in [5.74, 6) is 4.40. The molecular formula is C30H33Br3O6. The van der Waals surface area contributed by atoms with Crippen LogP contribution < -0.4 is 28.4 Å². The lowest BCUT2D eigenvalue weighted by molar-refractivity contribution is 0.311. The van der Waals surface area contributed by atoms with Crippen molar-refractivity contribution in [1.82, 2.24) is 0 Å². The first-order chi connectivity index (χ1) is 19.1. The standard InChI is InChI=1S/C30H33Br3O6/c1-34-28-22-16-20-5-8-26(38-14-11-32)30(36-3)24(20)18-21-6-9-27(39-15-12-33)29(35-2)23(21)17-19(22)4-7-25(28)37-13-10-31/h4-9H,10-18H2,1-3H3. The summed E-state index contributed by atoms with van der Waals surface area (Å²) in [6.45, 7) is 1.62. The minimum Gasteiger partial charge on any atom is -0.493 e. The van der Waals surface area contributed by atoms with Crippen molar-refractivity contribution in [3.8, 4) is 34.5 Å². The van der Waals surface area contributed by atoms with Crippen molar-refractivity contribution in [2.24, 2.45) is 0 Å². The monoisotopic (exact) mass is 726 g/mol. The number of rotatable bonds is 12. The van der Waals surface area contributed by atoms with Crippen LogP contribution in [0.3, 0.4) is 0 Å². The van der Waals surface area contributed by atoms with E-state index in [1.54, 1.807) is 21.3 Å². The molecule has 0 atom stereocenters. The maximum atomic E-state index is 6.05. The Morgan fingerprint density at radius 1 is 0.487 bits per heavy atom. The minimum atomic E-state index is 0.540.